The summed E-state index contributed by atoms with van der Waals surface area (Å²) < 4.78 is 0. The molecule has 0 aromatic rings. The summed E-state index contributed by atoms with van der Waals surface area (Å²) in [5, 5.41) is 35.3. The lowest BCUT2D eigenvalue weighted by Gasteiger charge is -2.33. The third kappa shape index (κ3) is 11.2. The molecular formula is C13H25N3O10. The fourth-order valence-corrected chi connectivity index (χ4v) is 2.67. The van der Waals surface area contributed by atoms with Crippen LogP contribution >= 0.6 is 0 Å². The van der Waals surface area contributed by atoms with E-state index < -0.39 is 34.6 Å². The maximum Gasteiger partial charge on any atom is 0.294 e. The first-order valence-corrected chi connectivity index (χ1v) is 8.06. The highest BCUT2D eigenvalue weighted by Gasteiger charge is 2.28. The van der Waals surface area contributed by atoms with Crippen molar-refractivity contribution < 1.29 is 34.9 Å². The van der Waals surface area contributed by atoms with Gasteiger partial charge in [-0.1, -0.05) is 27.2 Å². The standard InChI is InChI=1S/C10H20O.C3H5N3O9/c1-7(2)9-5-4-8(3)6-10(9)11;7-4(8)13-1-3(15-6(11)12)2-14-5(9)10/h7-11H,4-6H2,1-3H3;3H,1-2H2. The van der Waals surface area contributed by atoms with E-state index in [9.17, 15) is 35.4 Å². The minimum absolute atomic E-state index is 0.0289. The summed E-state index contributed by atoms with van der Waals surface area (Å²) in [4.78, 5) is 40.5. The van der Waals surface area contributed by atoms with Gasteiger partial charge in [-0.2, -0.15) is 0 Å². The highest BCUT2D eigenvalue weighted by Crippen LogP contribution is 2.33. The number of rotatable bonds is 9. The van der Waals surface area contributed by atoms with Crippen molar-refractivity contribution in [2.75, 3.05) is 13.2 Å². The Balaban J connectivity index is 0.000000502. The maximum atomic E-state index is 9.83. The molecule has 1 fully saturated rings. The molecule has 1 saturated carbocycles. The quantitative estimate of drug-likeness (QED) is 0.452. The van der Waals surface area contributed by atoms with Crippen LogP contribution in [0.2, 0.25) is 0 Å². The van der Waals surface area contributed by atoms with Crippen LogP contribution in [-0.4, -0.2) is 45.8 Å². The van der Waals surface area contributed by atoms with E-state index in [4.69, 9.17) is 0 Å². The predicted molar refractivity (Wildman–Crippen MR) is 85.1 cm³/mol. The lowest BCUT2D eigenvalue weighted by atomic mass is 9.75. The van der Waals surface area contributed by atoms with Gasteiger partial charge in [0.15, 0.2) is 6.10 Å². The molecule has 1 N–H and O–H groups in total. The summed E-state index contributed by atoms with van der Waals surface area (Å²) in [7, 11) is 0. The van der Waals surface area contributed by atoms with Crippen molar-refractivity contribution in [1.82, 2.24) is 0 Å². The van der Waals surface area contributed by atoms with Crippen LogP contribution < -0.4 is 0 Å². The molecule has 0 aromatic carbocycles. The fraction of sp³-hybridized carbons (Fsp3) is 1.00. The van der Waals surface area contributed by atoms with Gasteiger partial charge >= 0.3 is 0 Å². The van der Waals surface area contributed by atoms with E-state index in [1.807, 2.05) is 0 Å². The molecule has 0 heterocycles. The molecule has 152 valence electrons. The van der Waals surface area contributed by atoms with Gasteiger partial charge < -0.3 is 19.6 Å². The van der Waals surface area contributed by atoms with E-state index >= 15 is 0 Å². The van der Waals surface area contributed by atoms with E-state index in [-0.39, 0.29) is 6.10 Å². The SMILES string of the molecule is CC1CCC(C(C)C)C(O)C1.O=[N+]([O-])OCC(CO[N+](=O)[O-])O[N+](=O)[O-]. The molecule has 0 spiro atoms. The third-order valence-corrected chi connectivity index (χ3v) is 3.95. The van der Waals surface area contributed by atoms with Gasteiger partial charge in [-0.05, 0) is 30.6 Å². The van der Waals surface area contributed by atoms with Crippen molar-refractivity contribution in [1.29, 1.82) is 0 Å². The van der Waals surface area contributed by atoms with Crippen LogP contribution in [0.15, 0.2) is 0 Å². The molecule has 0 aromatic heterocycles. The molecule has 3 atom stereocenters. The van der Waals surface area contributed by atoms with Gasteiger partial charge in [0.1, 0.15) is 13.2 Å². The lowest BCUT2D eigenvalue weighted by Crippen LogP contribution is -2.31. The first-order valence-electron chi connectivity index (χ1n) is 8.06. The Hall–Kier alpha value is -2.44. The lowest BCUT2D eigenvalue weighted by molar-refractivity contribution is -0.803. The molecule has 3 unspecified atom stereocenters. The molecule has 13 heteroatoms. The van der Waals surface area contributed by atoms with Gasteiger partial charge in [0.2, 0.25) is 0 Å². The molecule has 1 aliphatic carbocycles. The third-order valence-electron chi connectivity index (χ3n) is 3.95. The Morgan fingerprint density at radius 2 is 1.50 bits per heavy atom. The highest BCUT2D eigenvalue weighted by atomic mass is 17.0. The first-order chi connectivity index (χ1) is 12.0. The van der Waals surface area contributed by atoms with Crippen molar-refractivity contribution in [2.45, 2.75) is 52.2 Å². The molecule has 0 radical (unpaired) electrons. The molecule has 26 heavy (non-hydrogen) atoms. The normalized spacial score (nSPS) is 22.2. The second kappa shape index (κ2) is 12.0. The Morgan fingerprint density at radius 1 is 1.00 bits per heavy atom. The predicted octanol–water partition coefficient (Wildman–Crippen LogP) is 1.42. The second-order valence-electron chi connectivity index (χ2n) is 6.38. The summed E-state index contributed by atoms with van der Waals surface area (Å²) in [5.74, 6) is 1.95. The minimum Gasteiger partial charge on any atom is -0.393 e. The van der Waals surface area contributed by atoms with E-state index in [1.54, 1.807) is 0 Å². The van der Waals surface area contributed by atoms with E-state index in [1.165, 1.54) is 12.8 Å². The monoisotopic (exact) mass is 383 g/mol. The molecule has 0 saturated heterocycles. The van der Waals surface area contributed by atoms with Crippen LogP contribution in [0.5, 0.6) is 0 Å². The summed E-state index contributed by atoms with van der Waals surface area (Å²) in [6.07, 6.45) is 1.97. The fourth-order valence-electron chi connectivity index (χ4n) is 2.67. The highest BCUT2D eigenvalue weighted by molar-refractivity contribution is 4.79. The average Bonchev–Trinajstić information content (AvgIpc) is 2.49. The van der Waals surface area contributed by atoms with E-state index in [2.05, 4.69) is 35.3 Å². The Labute approximate surface area is 149 Å². The zero-order chi connectivity index (χ0) is 20.3. The molecule has 0 aliphatic heterocycles. The van der Waals surface area contributed by atoms with Crippen LogP contribution in [0, 0.1) is 48.1 Å². The number of aliphatic hydroxyl groups is 1. The largest absolute Gasteiger partial charge is 0.393 e. The van der Waals surface area contributed by atoms with Gasteiger partial charge in [0, 0.05) is 0 Å². The van der Waals surface area contributed by atoms with E-state index in [0.29, 0.717) is 11.8 Å². The minimum atomic E-state index is -1.55. The van der Waals surface area contributed by atoms with Crippen LogP contribution in [0.3, 0.4) is 0 Å². The Kier molecular flexibility index (Phi) is 10.9. The van der Waals surface area contributed by atoms with Crippen molar-refractivity contribution in [3.8, 4) is 0 Å². The first kappa shape index (κ1) is 23.6. The molecular weight excluding hydrogens is 358 g/mol. The Morgan fingerprint density at radius 3 is 1.85 bits per heavy atom. The smallest absolute Gasteiger partial charge is 0.294 e. The van der Waals surface area contributed by atoms with Crippen molar-refractivity contribution >= 4 is 0 Å². The maximum absolute atomic E-state index is 9.83. The van der Waals surface area contributed by atoms with Gasteiger partial charge in [0.25, 0.3) is 15.3 Å². The molecule has 1 rings (SSSR count). The van der Waals surface area contributed by atoms with E-state index in [0.717, 1.165) is 12.3 Å². The van der Waals surface area contributed by atoms with Gasteiger partial charge in [0.05, 0.1) is 6.10 Å². The van der Waals surface area contributed by atoms with Crippen LogP contribution in [0.1, 0.15) is 40.0 Å². The summed E-state index contributed by atoms with van der Waals surface area (Å²) >= 11 is 0. The van der Waals surface area contributed by atoms with Crippen molar-refractivity contribution in [2.24, 2.45) is 17.8 Å². The van der Waals surface area contributed by atoms with Gasteiger partial charge in [-0.25, -0.2) is 0 Å². The summed E-state index contributed by atoms with van der Waals surface area (Å²) in [6.45, 7) is 4.97. The van der Waals surface area contributed by atoms with Crippen LogP contribution in [-0.2, 0) is 14.5 Å². The molecule has 0 bridgehead atoms. The van der Waals surface area contributed by atoms with Crippen LogP contribution in [0.25, 0.3) is 0 Å². The van der Waals surface area contributed by atoms with Crippen molar-refractivity contribution in [3.05, 3.63) is 30.3 Å². The van der Waals surface area contributed by atoms with Crippen molar-refractivity contribution in [3.63, 3.8) is 0 Å². The van der Waals surface area contributed by atoms with Crippen LogP contribution in [0.4, 0.5) is 0 Å². The zero-order valence-electron chi connectivity index (χ0n) is 14.9. The zero-order valence-corrected chi connectivity index (χ0v) is 14.9. The second-order valence-corrected chi connectivity index (χ2v) is 6.38. The summed E-state index contributed by atoms with van der Waals surface area (Å²) in [6, 6.07) is 0. The molecule has 1 aliphatic rings. The number of aliphatic hydroxyl groups excluding tert-OH is 1. The number of hydrogen-bond acceptors (Lipinski definition) is 10. The molecule has 13 nitrogen and oxygen atoms in total. The summed E-state index contributed by atoms with van der Waals surface area (Å²) in [5.41, 5.74) is 0. The Bertz CT molecular complexity index is 443. The average molecular weight is 383 g/mol. The topological polar surface area (TPSA) is 177 Å². The number of hydrogen-bond donors (Lipinski definition) is 1. The van der Waals surface area contributed by atoms with Gasteiger partial charge in [-0.3, -0.25) is 0 Å². The molecule has 0 amide bonds. The number of nitrogens with zero attached hydrogens (tertiary/aromatic N) is 3. The van der Waals surface area contributed by atoms with Gasteiger partial charge in [-0.15, -0.1) is 30.3 Å².